The molecule has 0 unspecified atom stereocenters. The maximum Gasteiger partial charge on any atom is 0.329 e. The van der Waals surface area contributed by atoms with E-state index in [1.807, 2.05) is 0 Å². The zero-order valence-corrected chi connectivity index (χ0v) is 9.42. The molecule has 3 N–H and O–H groups in total. The lowest BCUT2D eigenvalue weighted by atomic mass is 10.0. The molecule has 0 atom stereocenters. The lowest BCUT2D eigenvalue weighted by molar-refractivity contribution is -0.340. The zero-order valence-electron chi connectivity index (χ0n) is 8.60. The largest absolute Gasteiger partial charge is 0.329 e. The van der Waals surface area contributed by atoms with Gasteiger partial charge in [-0.25, -0.2) is 4.98 Å². The van der Waals surface area contributed by atoms with Gasteiger partial charge in [-0.15, -0.1) is 0 Å². The van der Waals surface area contributed by atoms with Crippen molar-refractivity contribution in [1.82, 2.24) is 0 Å². The summed E-state index contributed by atoms with van der Waals surface area (Å²) >= 11 is 1.53. The van der Waals surface area contributed by atoms with Gasteiger partial charge < -0.3 is 0 Å². The Morgan fingerprint density at radius 1 is 1.00 bits per heavy atom. The molecular formula is C13H11N2S+. The predicted molar refractivity (Wildman–Crippen MR) is 68.2 cm³/mol. The third-order valence-corrected chi connectivity index (χ3v) is 3.35. The lowest BCUT2D eigenvalue weighted by Crippen LogP contribution is -2.06. The van der Waals surface area contributed by atoms with Crippen molar-refractivity contribution < 1.29 is 4.98 Å². The number of nitrogen functional groups attached to an aromatic ring is 1. The number of aromatic nitrogens is 1. The second-order valence-corrected chi connectivity index (χ2v) is 4.58. The van der Waals surface area contributed by atoms with Crippen LogP contribution in [0.1, 0.15) is 0 Å². The van der Waals surface area contributed by atoms with Crippen LogP contribution in [0.25, 0.3) is 22.0 Å². The summed E-state index contributed by atoms with van der Waals surface area (Å²) in [4.78, 5) is 3.18. The Hall–Kier alpha value is -1.87. The number of aromatic amines is 1. The first-order valence-electron chi connectivity index (χ1n) is 5.09. The van der Waals surface area contributed by atoms with Crippen molar-refractivity contribution in [1.29, 1.82) is 0 Å². The number of nitrogens with two attached hydrogens (primary N) is 1. The third-order valence-electron chi connectivity index (χ3n) is 2.64. The van der Waals surface area contributed by atoms with E-state index in [9.17, 15) is 0 Å². The van der Waals surface area contributed by atoms with Gasteiger partial charge in [-0.05, 0) is 10.8 Å². The topological polar surface area (TPSA) is 40.2 Å². The Kier molecular flexibility index (Phi) is 2.11. The third kappa shape index (κ3) is 1.46. The molecule has 0 amide bonds. The van der Waals surface area contributed by atoms with Crippen molar-refractivity contribution in [3.05, 3.63) is 47.8 Å². The second kappa shape index (κ2) is 3.61. The monoisotopic (exact) mass is 227 g/mol. The van der Waals surface area contributed by atoms with Crippen molar-refractivity contribution in [2.24, 2.45) is 0 Å². The van der Waals surface area contributed by atoms with E-state index in [4.69, 9.17) is 5.73 Å². The minimum atomic E-state index is 0.739. The van der Waals surface area contributed by atoms with Crippen molar-refractivity contribution in [3.8, 4) is 11.3 Å². The van der Waals surface area contributed by atoms with Gasteiger partial charge >= 0.3 is 5.13 Å². The standard InChI is InChI=1S/C13H10N2S/c14-13-15-12(8-16-13)11-7-3-5-9-4-1-2-6-10(9)11/h1-8H,(H2,14,15)/p+1. The first-order valence-corrected chi connectivity index (χ1v) is 5.97. The van der Waals surface area contributed by atoms with Gasteiger partial charge in [0.25, 0.3) is 0 Å². The van der Waals surface area contributed by atoms with E-state index in [1.54, 1.807) is 0 Å². The Bertz CT molecular complexity index is 638. The fraction of sp³-hybridized carbons (Fsp3) is 0. The number of benzene rings is 2. The summed E-state index contributed by atoms with van der Waals surface area (Å²) in [5.74, 6) is 0. The summed E-state index contributed by atoms with van der Waals surface area (Å²) in [6, 6.07) is 14.7. The minimum absolute atomic E-state index is 0.739. The van der Waals surface area contributed by atoms with Crippen LogP contribution >= 0.6 is 11.3 Å². The number of H-pyrrole nitrogens is 1. The first-order chi connectivity index (χ1) is 7.84. The van der Waals surface area contributed by atoms with Crippen LogP contribution in [-0.4, -0.2) is 0 Å². The lowest BCUT2D eigenvalue weighted by Gasteiger charge is -2.01. The van der Waals surface area contributed by atoms with Gasteiger partial charge in [-0.2, -0.15) is 0 Å². The second-order valence-electron chi connectivity index (χ2n) is 3.67. The summed E-state index contributed by atoms with van der Waals surface area (Å²) in [6.07, 6.45) is 0. The molecule has 0 fully saturated rings. The number of hydrogen-bond donors (Lipinski definition) is 1. The maximum absolute atomic E-state index is 5.72. The van der Waals surface area contributed by atoms with E-state index in [2.05, 4.69) is 52.8 Å². The molecule has 0 aliphatic carbocycles. The normalized spacial score (nSPS) is 10.8. The molecular weight excluding hydrogens is 216 g/mol. The molecule has 0 aliphatic rings. The molecule has 0 bridgehead atoms. The van der Waals surface area contributed by atoms with Gasteiger partial charge in [0.1, 0.15) is 5.69 Å². The van der Waals surface area contributed by atoms with Gasteiger partial charge in [0.15, 0.2) is 0 Å². The quantitative estimate of drug-likeness (QED) is 0.682. The number of thiazole rings is 1. The number of hydrogen-bond acceptors (Lipinski definition) is 2. The molecule has 0 radical (unpaired) electrons. The van der Waals surface area contributed by atoms with Crippen LogP contribution in [0.3, 0.4) is 0 Å². The summed E-state index contributed by atoms with van der Waals surface area (Å²) in [5.41, 5.74) is 8.01. The van der Waals surface area contributed by atoms with Gasteiger partial charge in [0, 0.05) is 10.9 Å². The molecule has 1 aromatic heterocycles. The average Bonchev–Trinajstić information content (AvgIpc) is 2.75. The molecule has 0 saturated heterocycles. The number of rotatable bonds is 1. The highest BCUT2D eigenvalue weighted by Gasteiger charge is 2.09. The van der Waals surface area contributed by atoms with Crippen molar-refractivity contribution in [2.75, 3.05) is 5.73 Å². The highest BCUT2D eigenvalue weighted by Crippen LogP contribution is 2.27. The van der Waals surface area contributed by atoms with E-state index in [1.165, 1.54) is 27.7 Å². The summed E-state index contributed by atoms with van der Waals surface area (Å²) < 4.78 is 0. The van der Waals surface area contributed by atoms with Crippen molar-refractivity contribution >= 4 is 27.2 Å². The molecule has 3 heteroatoms. The highest BCUT2D eigenvalue weighted by atomic mass is 32.1. The van der Waals surface area contributed by atoms with Crippen LogP contribution in [0, 0.1) is 0 Å². The summed E-state index contributed by atoms with van der Waals surface area (Å²) in [5, 5.41) is 5.29. The highest BCUT2D eigenvalue weighted by molar-refractivity contribution is 7.13. The first kappa shape index (κ1) is 9.36. The SMILES string of the molecule is Nc1[nH+]c(-c2cccc3ccccc23)cs1. The van der Waals surface area contributed by atoms with E-state index >= 15 is 0 Å². The van der Waals surface area contributed by atoms with Crippen LogP contribution in [0.4, 0.5) is 5.13 Å². The number of nitrogens with one attached hydrogen (secondary N) is 1. The fourth-order valence-corrected chi connectivity index (χ4v) is 2.50. The summed E-state index contributed by atoms with van der Waals surface area (Å²) in [7, 11) is 0. The van der Waals surface area contributed by atoms with E-state index in [-0.39, 0.29) is 0 Å². The molecule has 3 rings (SSSR count). The molecule has 3 aromatic rings. The molecule has 0 spiro atoms. The Morgan fingerprint density at radius 3 is 2.62 bits per heavy atom. The van der Waals surface area contributed by atoms with Crippen molar-refractivity contribution in [3.63, 3.8) is 0 Å². The van der Waals surface area contributed by atoms with Crippen LogP contribution < -0.4 is 10.7 Å². The Labute approximate surface area is 97.4 Å². The van der Waals surface area contributed by atoms with Crippen LogP contribution in [0.5, 0.6) is 0 Å². The molecule has 1 heterocycles. The van der Waals surface area contributed by atoms with Crippen LogP contribution in [0.2, 0.25) is 0 Å². The van der Waals surface area contributed by atoms with Gasteiger partial charge in [0.2, 0.25) is 0 Å². The van der Waals surface area contributed by atoms with Gasteiger partial charge in [0.05, 0.1) is 0 Å². The molecule has 78 valence electrons. The predicted octanol–water partition coefficient (Wildman–Crippen LogP) is 2.96. The van der Waals surface area contributed by atoms with Gasteiger partial charge in [-0.3, -0.25) is 5.73 Å². The van der Waals surface area contributed by atoms with Crippen LogP contribution in [0.15, 0.2) is 47.8 Å². The minimum Gasteiger partial charge on any atom is -0.278 e. The molecule has 16 heavy (non-hydrogen) atoms. The summed E-state index contributed by atoms with van der Waals surface area (Å²) in [6.45, 7) is 0. The Balaban J connectivity index is 2.31. The molecule has 2 aromatic carbocycles. The average molecular weight is 227 g/mol. The van der Waals surface area contributed by atoms with E-state index in [0.717, 1.165) is 10.8 Å². The number of fused-ring (bicyclic) bond motifs is 1. The molecule has 2 nitrogen and oxygen atoms in total. The van der Waals surface area contributed by atoms with Crippen LogP contribution in [-0.2, 0) is 0 Å². The molecule has 0 saturated carbocycles. The fourth-order valence-electron chi connectivity index (χ4n) is 1.91. The Morgan fingerprint density at radius 2 is 1.81 bits per heavy atom. The van der Waals surface area contributed by atoms with Crippen molar-refractivity contribution in [2.45, 2.75) is 0 Å². The van der Waals surface area contributed by atoms with E-state index in [0.29, 0.717) is 0 Å². The maximum atomic E-state index is 5.72. The number of anilines is 1. The van der Waals surface area contributed by atoms with E-state index < -0.39 is 0 Å². The molecule has 0 aliphatic heterocycles. The smallest absolute Gasteiger partial charge is 0.278 e. The van der Waals surface area contributed by atoms with Gasteiger partial charge in [-0.1, -0.05) is 53.8 Å². The zero-order chi connectivity index (χ0) is 11.0.